The summed E-state index contributed by atoms with van der Waals surface area (Å²) < 4.78 is 2.49. The normalized spacial score (nSPS) is 11.3. The number of para-hydroxylation sites is 1. The summed E-state index contributed by atoms with van der Waals surface area (Å²) in [5.74, 6) is -0.0261. The van der Waals surface area contributed by atoms with Crippen molar-refractivity contribution in [1.82, 2.24) is 14.5 Å². The van der Waals surface area contributed by atoms with Crippen molar-refractivity contribution in [2.45, 2.75) is 72.0 Å². The highest BCUT2D eigenvalue weighted by Crippen LogP contribution is 2.17. The number of carbonyl (C=O) groups excluding carboxylic acids is 2. The molecule has 0 spiro atoms. The number of hydrogen-bond acceptors (Lipinski definition) is 4. The lowest BCUT2D eigenvalue weighted by atomic mass is 10.0. The van der Waals surface area contributed by atoms with Gasteiger partial charge in [0.1, 0.15) is 6.54 Å². The van der Waals surface area contributed by atoms with Gasteiger partial charge in [0, 0.05) is 24.7 Å². The van der Waals surface area contributed by atoms with Gasteiger partial charge < -0.3 is 10.6 Å². The average Bonchev–Trinajstić information content (AvgIpc) is 2.81. The van der Waals surface area contributed by atoms with Gasteiger partial charge in [0.25, 0.3) is 5.56 Å². The van der Waals surface area contributed by atoms with E-state index < -0.39 is 11.2 Å². The summed E-state index contributed by atoms with van der Waals surface area (Å²) in [7, 11) is 0. The first-order valence-electron chi connectivity index (χ1n) is 12.1. The van der Waals surface area contributed by atoms with Crippen molar-refractivity contribution >= 4 is 28.4 Å². The van der Waals surface area contributed by atoms with Crippen LogP contribution in [0, 0.1) is 0 Å². The Morgan fingerprint density at radius 2 is 1.54 bits per heavy atom. The fourth-order valence-electron chi connectivity index (χ4n) is 3.97. The molecule has 0 atom stereocenters. The molecule has 8 nitrogen and oxygen atoms in total. The second-order valence-electron chi connectivity index (χ2n) is 9.35. The van der Waals surface area contributed by atoms with Crippen molar-refractivity contribution in [3.05, 3.63) is 74.9 Å². The smallest absolute Gasteiger partial charge is 0.331 e. The number of unbranched alkanes of at least 4 members (excludes halogenated alkanes) is 1. The molecule has 0 bridgehead atoms. The van der Waals surface area contributed by atoms with Crippen molar-refractivity contribution in [1.29, 1.82) is 0 Å². The van der Waals surface area contributed by atoms with Crippen LogP contribution in [0.1, 0.15) is 58.4 Å². The van der Waals surface area contributed by atoms with Crippen LogP contribution in [0.15, 0.2) is 58.1 Å². The second-order valence-corrected chi connectivity index (χ2v) is 9.35. The van der Waals surface area contributed by atoms with Crippen LogP contribution in [-0.2, 0) is 22.7 Å². The summed E-state index contributed by atoms with van der Waals surface area (Å²) in [5, 5.41) is 6.04. The largest absolute Gasteiger partial charge is 0.354 e. The Hall–Kier alpha value is -3.68. The van der Waals surface area contributed by atoms with Crippen molar-refractivity contribution < 1.29 is 9.59 Å². The summed E-state index contributed by atoms with van der Waals surface area (Å²) in [6, 6.07) is 14.5. The van der Waals surface area contributed by atoms with Gasteiger partial charge >= 0.3 is 5.69 Å². The standard InChI is InChI=1S/C27H34N4O4/c1-18(2)20-12-14-21(15-13-20)29-25(33)17-31-23-10-6-5-9-22(23)26(34)30(27(31)35)16-8-7-11-24(32)28-19(3)4/h5-6,9-10,12-15,18-19H,7-8,11,16-17H2,1-4H3,(H,28,32)(H,29,33). The summed E-state index contributed by atoms with van der Waals surface area (Å²) in [4.78, 5) is 50.9. The zero-order valence-corrected chi connectivity index (χ0v) is 20.8. The van der Waals surface area contributed by atoms with Crippen LogP contribution >= 0.6 is 0 Å². The maximum absolute atomic E-state index is 13.3. The van der Waals surface area contributed by atoms with Gasteiger partial charge in [-0.15, -0.1) is 0 Å². The van der Waals surface area contributed by atoms with Crippen LogP contribution in [0.25, 0.3) is 10.9 Å². The van der Waals surface area contributed by atoms with Crippen molar-refractivity contribution in [2.75, 3.05) is 5.32 Å². The number of rotatable bonds is 10. The minimum atomic E-state index is -0.536. The maximum Gasteiger partial charge on any atom is 0.331 e. The number of aromatic nitrogens is 2. The predicted octanol–water partition coefficient (Wildman–Crippen LogP) is 3.62. The highest BCUT2D eigenvalue weighted by molar-refractivity contribution is 5.91. The van der Waals surface area contributed by atoms with E-state index in [1.54, 1.807) is 24.3 Å². The molecular formula is C27H34N4O4. The number of carbonyl (C=O) groups is 2. The Labute approximate surface area is 205 Å². The molecule has 0 fully saturated rings. The average molecular weight is 479 g/mol. The first-order chi connectivity index (χ1) is 16.7. The molecule has 0 saturated carbocycles. The van der Waals surface area contributed by atoms with Gasteiger partial charge in [0.05, 0.1) is 10.9 Å². The topological polar surface area (TPSA) is 102 Å². The molecule has 1 aromatic heterocycles. The molecule has 3 rings (SSSR count). The molecule has 1 heterocycles. The molecular weight excluding hydrogens is 444 g/mol. The number of benzene rings is 2. The number of amides is 2. The number of fused-ring (bicyclic) bond motifs is 1. The minimum Gasteiger partial charge on any atom is -0.354 e. The summed E-state index contributed by atoms with van der Waals surface area (Å²) in [6.07, 6.45) is 1.37. The molecule has 186 valence electrons. The monoisotopic (exact) mass is 478 g/mol. The van der Waals surface area contributed by atoms with E-state index in [0.717, 1.165) is 4.57 Å². The number of anilines is 1. The van der Waals surface area contributed by atoms with E-state index in [0.29, 0.717) is 41.8 Å². The van der Waals surface area contributed by atoms with E-state index in [4.69, 9.17) is 0 Å². The van der Waals surface area contributed by atoms with Crippen LogP contribution in [0.4, 0.5) is 5.69 Å². The van der Waals surface area contributed by atoms with E-state index in [9.17, 15) is 19.2 Å². The number of hydrogen-bond donors (Lipinski definition) is 2. The fourth-order valence-corrected chi connectivity index (χ4v) is 3.97. The summed E-state index contributed by atoms with van der Waals surface area (Å²) in [6.45, 7) is 7.94. The first kappa shape index (κ1) is 25.9. The lowest BCUT2D eigenvalue weighted by Crippen LogP contribution is -2.41. The Kier molecular flexibility index (Phi) is 8.63. The molecule has 2 aromatic carbocycles. The van der Waals surface area contributed by atoms with Crippen molar-refractivity contribution in [3.63, 3.8) is 0 Å². The third-order valence-corrected chi connectivity index (χ3v) is 5.78. The summed E-state index contributed by atoms with van der Waals surface area (Å²) >= 11 is 0. The minimum absolute atomic E-state index is 0.0543. The molecule has 0 unspecified atom stereocenters. The lowest BCUT2D eigenvalue weighted by Gasteiger charge is -2.14. The molecule has 0 saturated heterocycles. The highest BCUT2D eigenvalue weighted by atomic mass is 16.2. The van der Waals surface area contributed by atoms with Crippen LogP contribution in [-0.4, -0.2) is 27.0 Å². The van der Waals surface area contributed by atoms with E-state index in [1.165, 1.54) is 10.1 Å². The predicted molar refractivity (Wildman–Crippen MR) is 139 cm³/mol. The van der Waals surface area contributed by atoms with E-state index in [2.05, 4.69) is 24.5 Å². The van der Waals surface area contributed by atoms with Crippen LogP contribution in [0.3, 0.4) is 0 Å². The molecule has 3 aromatic rings. The molecule has 0 aliphatic rings. The third kappa shape index (κ3) is 6.68. The quantitative estimate of drug-likeness (QED) is 0.435. The van der Waals surface area contributed by atoms with Crippen LogP contribution in [0.5, 0.6) is 0 Å². The van der Waals surface area contributed by atoms with Gasteiger partial charge in [0.2, 0.25) is 11.8 Å². The van der Waals surface area contributed by atoms with Crippen LogP contribution in [0.2, 0.25) is 0 Å². The van der Waals surface area contributed by atoms with E-state index in [-0.39, 0.29) is 30.9 Å². The Bertz CT molecular complexity index is 1300. The maximum atomic E-state index is 13.3. The molecule has 0 aliphatic heterocycles. The zero-order chi connectivity index (χ0) is 25.5. The van der Waals surface area contributed by atoms with Gasteiger partial charge in [-0.3, -0.25) is 23.5 Å². The molecule has 2 amide bonds. The third-order valence-electron chi connectivity index (χ3n) is 5.78. The van der Waals surface area contributed by atoms with Crippen molar-refractivity contribution in [2.24, 2.45) is 0 Å². The fraction of sp³-hybridized carbons (Fsp3) is 0.407. The highest BCUT2D eigenvalue weighted by Gasteiger charge is 2.15. The SMILES string of the molecule is CC(C)NC(=O)CCCCn1c(=O)c2ccccc2n(CC(=O)Nc2ccc(C(C)C)cc2)c1=O. The van der Waals surface area contributed by atoms with Gasteiger partial charge in [-0.1, -0.05) is 38.1 Å². The zero-order valence-electron chi connectivity index (χ0n) is 20.8. The summed E-state index contributed by atoms with van der Waals surface area (Å²) in [5.41, 5.74) is 1.30. The Balaban J connectivity index is 1.79. The Morgan fingerprint density at radius 3 is 2.20 bits per heavy atom. The van der Waals surface area contributed by atoms with E-state index in [1.807, 2.05) is 38.1 Å². The molecule has 2 N–H and O–H groups in total. The van der Waals surface area contributed by atoms with E-state index >= 15 is 0 Å². The van der Waals surface area contributed by atoms with Gasteiger partial charge in [-0.25, -0.2) is 4.79 Å². The Morgan fingerprint density at radius 1 is 0.857 bits per heavy atom. The molecule has 8 heteroatoms. The first-order valence-corrected chi connectivity index (χ1v) is 12.1. The van der Waals surface area contributed by atoms with Crippen molar-refractivity contribution in [3.8, 4) is 0 Å². The molecule has 0 radical (unpaired) electrons. The second kappa shape index (κ2) is 11.6. The number of nitrogens with zero attached hydrogens (tertiary/aromatic N) is 2. The molecule has 0 aliphatic carbocycles. The van der Waals surface area contributed by atoms with Gasteiger partial charge in [-0.2, -0.15) is 0 Å². The van der Waals surface area contributed by atoms with Gasteiger partial charge in [0.15, 0.2) is 0 Å². The van der Waals surface area contributed by atoms with Gasteiger partial charge in [-0.05, 0) is 62.4 Å². The van der Waals surface area contributed by atoms with Crippen LogP contribution < -0.4 is 21.9 Å². The molecule has 35 heavy (non-hydrogen) atoms. The lowest BCUT2D eigenvalue weighted by molar-refractivity contribution is -0.121. The number of nitrogens with one attached hydrogen (secondary N) is 2.